The number of hydrogen-bond donors (Lipinski definition) is 2. The fraction of sp³-hybridized carbons (Fsp3) is 0.200. The van der Waals surface area contributed by atoms with E-state index in [9.17, 15) is 13.2 Å². The Morgan fingerprint density at radius 2 is 1.88 bits per heavy atom. The largest absolute Gasteiger partial charge is 0.416 e. The van der Waals surface area contributed by atoms with Gasteiger partial charge in [-0.2, -0.15) is 13.2 Å². The summed E-state index contributed by atoms with van der Waals surface area (Å²) in [4.78, 5) is 7.64. The van der Waals surface area contributed by atoms with Gasteiger partial charge in [-0.25, -0.2) is 9.97 Å². The molecule has 1 heterocycles. The van der Waals surface area contributed by atoms with E-state index in [0.717, 1.165) is 12.1 Å². The van der Waals surface area contributed by atoms with E-state index in [1.165, 1.54) is 6.07 Å². The molecule has 0 unspecified atom stereocenters. The molecule has 4 N–H and O–H groups in total. The third kappa shape index (κ3) is 2.14. The average molecular weight is 242 g/mol. The summed E-state index contributed by atoms with van der Waals surface area (Å²) in [6, 6.07) is 3.22. The van der Waals surface area contributed by atoms with Gasteiger partial charge < -0.3 is 11.5 Å². The topological polar surface area (TPSA) is 77.8 Å². The van der Waals surface area contributed by atoms with E-state index in [-0.39, 0.29) is 18.0 Å². The number of benzene rings is 1. The van der Waals surface area contributed by atoms with Crippen molar-refractivity contribution in [3.8, 4) is 0 Å². The summed E-state index contributed by atoms with van der Waals surface area (Å²) in [6.45, 7) is 0.0918. The van der Waals surface area contributed by atoms with Crippen molar-refractivity contribution < 1.29 is 13.2 Å². The zero-order valence-electron chi connectivity index (χ0n) is 8.62. The van der Waals surface area contributed by atoms with E-state index < -0.39 is 11.7 Å². The first kappa shape index (κ1) is 11.6. The molecular weight excluding hydrogens is 233 g/mol. The normalized spacial score (nSPS) is 12.0. The van der Waals surface area contributed by atoms with E-state index >= 15 is 0 Å². The quantitative estimate of drug-likeness (QED) is 0.797. The van der Waals surface area contributed by atoms with Crippen molar-refractivity contribution in [1.82, 2.24) is 9.97 Å². The second kappa shape index (κ2) is 3.85. The number of hydrogen-bond acceptors (Lipinski definition) is 4. The van der Waals surface area contributed by atoms with Gasteiger partial charge in [0.25, 0.3) is 0 Å². The molecule has 0 bridgehead atoms. The van der Waals surface area contributed by atoms with Crippen LogP contribution >= 0.6 is 0 Å². The Labute approximate surface area is 94.5 Å². The van der Waals surface area contributed by atoms with Gasteiger partial charge >= 0.3 is 6.18 Å². The van der Waals surface area contributed by atoms with Crippen LogP contribution in [0.1, 0.15) is 11.3 Å². The molecule has 4 nitrogen and oxygen atoms in total. The maximum absolute atomic E-state index is 12.5. The molecule has 0 radical (unpaired) electrons. The number of nitrogen functional groups attached to an aromatic ring is 1. The number of aromatic nitrogens is 2. The Morgan fingerprint density at radius 1 is 1.18 bits per heavy atom. The van der Waals surface area contributed by atoms with E-state index in [2.05, 4.69) is 9.97 Å². The van der Waals surface area contributed by atoms with E-state index in [4.69, 9.17) is 11.5 Å². The standard InChI is InChI=1S/C10H9F3N4/c11-10(12,13)5-1-2-6-7(3-5)16-9(15)17-8(6)4-14/h1-3H,4,14H2,(H2,15,16,17). The first-order valence-corrected chi connectivity index (χ1v) is 4.75. The third-order valence-corrected chi connectivity index (χ3v) is 2.31. The molecule has 0 saturated carbocycles. The fourth-order valence-corrected chi connectivity index (χ4v) is 1.55. The van der Waals surface area contributed by atoms with Crippen molar-refractivity contribution >= 4 is 16.9 Å². The van der Waals surface area contributed by atoms with E-state index in [1.807, 2.05) is 0 Å². The molecule has 7 heteroatoms. The lowest BCUT2D eigenvalue weighted by atomic mass is 10.1. The van der Waals surface area contributed by atoms with Crippen molar-refractivity contribution in [2.75, 3.05) is 5.73 Å². The summed E-state index contributed by atoms with van der Waals surface area (Å²) in [7, 11) is 0. The molecule has 0 atom stereocenters. The summed E-state index contributed by atoms with van der Waals surface area (Å²) in [6.07, 6.45) is -4.41. The molecule has 0 aliphatic heterocycles. The molecule has 17 heavy (non-hydrogen) atoms. The highest BCUT2D eigenvalue weighted by Gasteiger charge is 2.30. The summed E-state index contributed by atoms with van der Waals surface area (Å²) in [5.74, 6) is -0.0859. The molecule has 0 aliphatic carbocycles. The maximum atomic E-state index is 12.5. The number of rotatable bonds is 1. The number of anilines is 1. The summed E-state index contributed by atoms with van der Waals surface area (Å²) in [5, 5.41) is 0.481. The molecule has 2 aromatic rings. The minimum absolute atomic E-state index is 0.0859. The molecule has 0 amide bonds. The van der Waals surface area contributed by atoms with Crippen LogP contribution in [0.4, 0.5) is 19.1 Å². The minimum atomic E-state index is -4.41. The van der Waals surface area contributed by atoms with Gasteiger partial charge in [-0.15, -0.1) is 0 Å². The van der Waals surface area contributed by atoms with E-state index in [1.54, 1.807) is 0 Å². The molecule has 0 saturated heterocycles. The second-order valence-electron chi connectivity index (χ2n) is 3.46. The SMILES string of the molecule is NCc1nc(N)nc2cc(C(F)(F)F)ccc12. The van der Waals surface area contributed by atoms with Gasteiger partial charge in [0.05, 0.1) is 16.8 Å². The monoisotopic (exact) mass is 242 g/mol. The van der Waals surface area contributed by atoms with Crippen molar-refractivity contribution in [3.63, 3.8) is 0 Å². The average Bonchev–Trinajstić information content (AvgIpc) is 2.25. The number of halogens is 3. The highest BCUT2D eigenvalue weighted by molar-refractivity contribution is 5.82. The Bertz CT molecular complexity index is 565. The van der Waals surface area contributed by atoms with Crippen LogP contribution in [0, 0.1) is 0 Å². The Morgan fingerprint density at radius 3 is 2.47 bits per heavy atom. The Kier molecular flexibility index (Phi) is 2.62. The first-order valence-electron chi connectivity index (χ1n) is 4.75. The molecule has 0 fully saturated rings. The summed E-state index contributed by atoms with van der Waals surface area (Å²) >= 11 is 0. The Hall–Kier alpha value is -1.89. The van der Waals surface area contributed by atoms with Crippen molar-refractivity contribution in [2.24, 2.45) is 5.73 Å². The van der Waals surface area contributed by atoms with Crippen molar-refractivity contribution in [1.29, 1.82) is 0 Å². The fourth-order valence-electron chi connectivity index (χ4n) is 1.55. The van der Waals surface area contributed by atoms with Crippen LogP contribution < -0.4 is 11.5 Å². The number of fused-ring (bicyclic) bond motifs is 1. The highest BCUT2D eigenvalue weighted by Crippen LogP contribution is 2.31. The molecular formula is C10H9F3N4. The zero-order chi connectivity index (χ0) is 12.6. The molecule has 2 rings (SSSR count). The van der Waals surface area contributed by atoms with Gasteiger partial charge in [-0.1, -0.05) is 6.07 Å². The van der Waals surface area contributed by atoms with Gasteiger partial charge in [0, 0.05) is 11.9 Å². The third-order valence-electron chi connectivity index (χ3n) is 2.31. The highest BCUT2D eigenvalue weighted by atomic mass is 19.4. The lowest BCUT2D eigenvalue weighted by molar-refractivity contribution is -0.137. The van der Waals surface area contributed by atoms with Crippen LogP contribution in [-0.4, -0.2) is 9.97 Å². The van der Waals surface area contributed by atoms with Crippen LogP contribution in [-0.2, 0) is 12.7 Å². The lowest BCUT2D eigenvalue weighted by Crippen LogP contribution is -2.08. The van der Waals surface area contributed by atoms with Gasteiger partial charge in [0.15, 0.2) is 0 Å². The predicted octanol–water partition coefficient (Wildman–Crippen LogP) is 1.69. The molecule has 0 aliphatic rings. The van der Waals surface area contributed by atoms with Gasteiger partial charge in [0.2, 0.25) is 5.95 Å². The first-order chi connectivity index (χ1) is 7.91. The molecule has 1 aromatic carbocycles. The van der Waals surface area contributed by atoms with Gasteiger partial charge in [-0.05, 0) is 12.1 Å². The van der Waals surface area contributed by atoms with Crippen molar-refractivity contribution in [2.45, 2.75) is 12.7 Å². The summed E-state index contributed by atoms with van der Waals surface area (Å²) < 4.78 is 37.5. The number of nitrogens with zero attached hydrogens (tertiary/aromatic N) is 2. The lowest BCUT2D eigenvalue weighted by Gasteiger charge is -2.09. The molecule has 90 valence electrons. The number of nitrogens with two attached hydrogens (primary N) is 2. The van der Waals surface area contributed by atoms with Gasteiger partial charge in [-0.3, -0.25) is 0 Å². The van der Waals surface area contributed by atoms with Crippen LogP contribution in [0.25, 0.3) is 10.9 Å². The predicted molar refractivity (Wildman–Crippen MR) is 56.8 cm³/mol. The van der Waals surface area contributed by atoms with Crippen LogP contribution in [0.3, 0.4) is 0 Å². The van der Waals surface area contributed by atoms with Gasteiger partial charge in [0.1, 0.15) is 0 Å². The Balaban J connectivity index is 2.70. The zero-order valence-corrected chi connectivity index (χ0v) is 8.62. The van der Waals surface area contributed by atoms with E-state index in [0.29, 0.717) is 11.1 Å². The van der Waals surface area contributed by atoms with Crippen LogP contribution in [0.5, 0.6) is 0 Å². The maximum Gasteiger partial charge on any atom is 0.416 e. The summed E-state index contributed by atoms with van der Waals surface area (Å²) in [5.41, 5.74) is 10.6. The van der Waals surface area contributed by atoms with Crippen molar-refractivity contribution in [3.05, 3.63) is 29.5 Å². The molecule has 0 spiro atoms. The second-order valence-corrected chi connectivity index (χ2v) is 3.46. The van der Waals surface area contributed by atoms with Crippen LogP contribution in [0.15, 0.2) is 18.2 Å². The molecule has 1 aromatic heterocycles. The smallest absolute Gasteiger partial charge is 0.368 e. The van der Waals surface area contributed by atoms with Crippen LogP contribution in [0.2, 0.25) is 0 Å². The number of alkyl halides is 3. The minimum Gasteiger partial charge on any atom is -0.368 e.